The van der Waals surface area contributed by atoms with Gasteiger partial charge in [-0.15, -0.1) is 0 Å². The highest BCUT2D eigenvalue weighted by atomic mass is 16.7. The number of hydrogen-bond acceptors (Lipinski definition) is 11. The van der Waals surface area contributed by atoms with Crippen molar-refractivity contribution in [2.24, 2.45) is 40.6 Å². The first-order valence-corrected chi connectivity index (χ1v) is 24.9. The minimum atomic E-state index is -1.31. The van der Waals surface area contributed by atoms with Gasteiger partial charge in [-0.3, -0.25) is 24.0 Å². The van der Waals surface area contributed by atoms with Gasteiger partial charge in [-0.05, 0) is 139 Å². The predicted octanol–water partition coefficient (Wildman–Crippen LogP) is 6.14. The quantitative estimate of drug-likeness (QED) is 0.0386. The van der Waals surface area contributed by atoms with Crippen LogP contribution in [0.5, 0.6) is 0 Å². The molecule has 2 aliphatic heterocycles. The molecule has 0 spiro atoms. The van der Waals surface area contributed by atoms with Gasteiger partial charge in [0.15, 0.2) is 17.3 Å². The molecule has 3 aliphatic carbocycles. The van der Waals surface area contributed by atoms with Gasteiger partial charge in [-0.2, -0.15) is 0 Å². The molecule has 0 aromatic heterocycles. The van der Waals surface area contributed by atoms with Gasteiger partial charge >= 0.3 is 7.12 Å². The molecule has 7 N–H and O–H groups in total. The molecule has 1 unspecified atom stereocenters. The molecular formula is C50H82BN5O8. The minimum Gasteiger partial charge on any atom is -0.405 e. The molecule has 2 bridgehead atoms. The largest absolute Gasteiger partial charge is 0.461 e. The number of unbranched alkanes of at least 4 members (excludes halogenated alkanes) is 4. The lowest BCUT2D eigenvalue weighted by Crippen LogP contribution is -2.65. The van der Waals surface area contributed by atoms with E-state index in [1.165, 1.54) is 38.2 Å². The summed E-state index contributed by atoms with van der Waals surface area (Å²) < 4.78 is 13.1. The van der Waals surface area contributed by atoms with E-state index in [1.54, 1.807) is 6.92 Å². The van der Waals surface area contributed by atoms with Gasteiger partial charge in [-0.1, -0.05) is 78.1 Å². The smallest absolute Gasteiger partial charge is 0.405 e. The zero-order valence-electron chi connectivity index (χ0n) is 40.2. The molecule has 2 heterocycles. The van der Waals surface area contributed by atoms with E-state index in [1.807, 2.05) is 31.2 Å². The number of carbonyl (C=O) groups is 5. The lowest BCUT2D eigenvalue weighted by molar-refractivity contribution is -0.199. The second-order valence-corrected chi connectivity index (χ2v) is 20.8. The van der Waals surface area contributed by atoms with Gasteiger partial charge < -0.3 is 41.4 Å². The van der Waals surface area contributed by atoms with Crippen LogP contribution in [0.3, 0.4) is 0 Å². The zero-order chi connectivity index (χ0) is 46.8. The normalized spacial score (nSPS) is 25.8. The summed E-state index contributed by atoms with van der Waals surface area (Å²) in [5.74, 6) is -2.36. The summed E-state index contributed by atoms with van der Waals surface area (Å²) in [5.41, 5.74) is 13.2. The lowest BCUT2D eigenvalue weighted by Gasteiger charge is -2.64. The Hall–Kier alpha value is -3.01. The molecule has 14 heteroatoms. The van der Waals surface area contributed by atoms with E-state index in [0.29, 0.717) is 49.1 Å². The number of rotatable bonds is 27. The Labute approximate surface area is 384 Å². The molecule has 358 valence electrons. The van der Waals surface area contributed by atoms with Crippen molar-refractivity contribution in [2.45, 2.75) is 186 Å². The number of piperidine rings is 1. The van der Waals surface area contributed by atoms with Crippen molar-refractivity contribution in [1.82, 2.24) is 15.5 Å². The summed E-state index contributed by atoms with van der Waals surface area (Å²) in [4.78, 5) is 70.9. The van der Waals surface area contributed by atoms with Crippen molar-refractivity contribution in [3.8, 4) is 0 Å². The van der Waals surface area contributed by atoms with Gasteiger partial charge in [0.2, 0.25) is 11.8 Å². The first kappa shape index (κ1) is 52.0. The molecule has 5 fully saturated rings. The number of nitrogens with one attached hydrogen (secondary N) is 2. The molecule has 6 rings (SSSR count). The first-order chi connectivity index (χ1) is 30.4. The number of aliphatic hydroxyl groups excluding tert-OH is 1. The Bertz CT molecular complexity index is 1720. The topological polar surface area (TPSA) is 203 Å². The molecule has 0 radical (unpaired) electrons. The van der Waals surface area contributed by atoms with Crippen LogP contribution < -0.4 is 22.1 Å². The highest BCUT2D eigenvalue weighted by Gasteiger charge is 2.68. The monoisotopic (exact) mass is 892 g/mol. The maximum Gasteiger partial charge on any atom is 0.461 e. The van der Waals surface area contributed by atoms with Crippen LogP contribution in [-0.2, 0) is 28.5 Å². The zero-order valence-corrected chi connectivity index (χ0v) is 40.2. The third-order valence-corrected chi connectivity index (χ3v) is 15.6. The van der Waals surface area contributed by atoms with Crippen molar-refractivity contribution in [1.29, 1.82) is 0 Å². The number of benzene rings is 1. The van der Waals surface area contributed by atoms with Crippen LogP contribution in [-0.4, -0.2) is 109 Å². The molecule has 1 aromatic carbocycles. The van der Waals surface area contributed by atoms with E-state index in [2.05, 4.69) is 43.2 Å². The Kier molecular flexibility index (Phi) is 19.2. The Morgan fingerprint density at radius 2 is 1.55 bits per heavy atom. The van der Waals surface area contributed by atoms with Crippen molar-refractivity contribution < 1.29 is 38.4 Å². The molecule has 1 aromatic rings. The third kappa shape index (κ3) is 12.9. The fourth-order valence-corrected chi connectivity index (χ4v) is 11.1. The van der Waals surface area contributed by atoms with E-state index in [-0.39, 0.29) is 66.7 Å². The number of nitrogens with zero attached hydrogens (tertiary/aromatic N) is 1. The molecule has 3 saturated carbocycles. The molecule has 2 saturated heterocycles. The number of hydrogen-bond donors (Lipinski definition) is 5. The fraction of sp³-hybridized carbons (Fsp3) is 0.780. The van der Waals surface area contributed by atoms with E-state index < -0.39 is 54.7 Å². The summed E-state index contributed by atoms with van der Waals surface area (Å²) in [5, 5.41) is 16.3. The first-order valence-electron chi connectivity index (χ1n) is 24.9. The number of nitrogens with two attached hydrogens (primary N) is 2. The van der Waals surface area contributed by atoms with Crippen molar-refractivity contribution >= 4 is 36.3 Å². The lowest BCUT2D eigenvalue weighted by atomic mass is 9.43. The number of ketones is 3. The van der Waals surface area contributed by atoms with Crippen molar-refractivity contribution in [2.75, 3.05) is 32.7 Å². The second-order valence-electron chi connectivity index (χ2n) is 20.8. The van der Waals surface area contributed by atoms with Crippen LogP contribution in [0.25, 0.3) is 0 Å². The Morgan fingerprint density at radius 3 is 2.17 bits per heavy atom. The summed E-state index contributed by atoms with van der Waals surface area (Å²) in [6, 6.07) is 5.63. The molecule has 2 amide bonds. The van der Waals surface area contributed by atoms with Crippen LogP contribution in [0.1, 0.15) is 167 Å². The summed E-state index contributed by atoms with van der Waals surface area (Å²) in [6.07, 6.45) is 9.77. The Balaban J connectivity index is 1.11. The number of aliphatic hydroxyl groups is 1. The van der Waals surface area contributed by atoms with Gasteiger partial charge in [-0.25, -0.2) is 0 Å². The highest BCUT2D eigenvalue weighted by Crippen LogP contribution is 2.66. The van der Waals surface area contributed by atoms with E-state index in [4.69, 9.17) is 20.8 Å². The van der Waals surface area contributed by atoms with Crippen LogP contribution in [0, 0.1) is 29.1 Å². The molecule has 64 heavy (non-hydrogen) atoms. The van der Waals surface area contributed by atoms with E-state index in [9.17, 15) is 29.1 Å². The summed E-state index contributed by atoms with van der Waals surface area (Å²) in [6.45, 7) is 17.9. The average Bonchev–Trinajstić information content (AvgIpc) is 3.64. The number of carbonyl (C=O) groups excluding carboxylic acids is 5. The van der Waals surface area contributed by atoms with E-state index >= 15 is 0 Å². The van der Waals surface area contributed by atoms with Crippen molar-refractivity contribution in [3.63, 3.8) is 0 Å². The molecule has 13 nitrogen and oxygen atoms in total. The van der Waals surface area contributed by atoms with Crippen molar-refractivity contribution in [3.05, 3.63) is 35.4 Å². The van der Waals surface area contributed by atoms with Gasteiger partial charge in [0, 0.05) is 36.7 Å². The molecular weight excluding hydrogens is 809 g/mol. The van der Waals surface area contributed by atoms with Crippen LogP contribution >= 0.6 is 0 Å². The van der Waals surface area contributed by atoms with E-state index in [0.717, 1.165) is 45.3 Å². The third-order valence-electron chi connectivity index (χ3n) is 15.6. The van der Waals surface area contributed by atoms with Crippen LogP contribution in [0.4, 0.5) is 0 Å². The number of Topliss-reactive ketones (excluding diaryl/α,β-unsaturated/α-hetero) is 3. The Morgan fingerprint density at radius 1 is 0.844 bits per heavy atom. The maximum absolute atomic E-state index is 13.9. The summed E-state index contributed by atoms with van der Waals surface area (Å²) >= 11 is 0. The maximum atomic E-state index is 13.9. The molecule has 5 aliphatic rings. The van der Waals surface area contributed by atoms with Gasteiger partial charge in [0.1, 0.15) is 6.04 Å². The predicted molar refractivity (Wildman–Crippen MR) is 252 cm³/mol. The number of amides is 2. The fourth-order valence-electron chi connectivity index (χ4n) is 11.1. The second kappa shape index (κ2) is 23.6. The van der Waals surface area contributed by atoms with Gasteiger partial charge in [0.05, 0.1) is 23.9 Å². The van der Waals surface area contributed by atoms with Crippen LogP contribution in [0.2, 0.25) is 5.82 Å². The number of likely N-dealkylation sites (tertiary alicyclic amines) is 1. The molecule has 10 atom stereocenters. The minimum absolute atomic E-state index is 0.000500. The average molecular weight is 892 g/mol. The highest BCUT2D eigenvalue weighted by molar-refractivity contribution is 6.47. The standard InChI is InChI=1S/C50H82BN5O8/c1-8-9-10-13-24-56-25-20-36(21-26-56)35-15-17-37(18-16-35)41(58)29-38(19-23-53)48(62)55-46(34(4)57)43(60)27-32(2)47(61)54-40(14-11-12-22-52)42(59)28-33(3)51-63-45-31-39-30-44(49(39,5)6)50(45,7)64-51/h15-18,32-34,36,38-40,44-46,57H,8-14,19-31,52-53H2,1-7H3,(H,54,61)(H,55,62)/t32-,33-,34-,38-,39+,40+,44+,45?,46+,50+/m1/s1. The SMILES string of the molecule is CCCCCCN1CCC(c2ccc(C(=O)C[C@@H](CCN)C(=O)N[C@H](C(=O)C[C@@H](C)C(=O)N[C@@H](CCCCN)C(=O)C[C@@H](C)B3OC4C[C@@H]5C[C@@H](C5(C)C)[C@]4(C)O3)[C@@H](C)O)cc2)CC1. The van der Waals surface area contributed by atoms with Gasteiger partial charge in [0.25, 0.3) is 0 Å². The van der Waals surface area contributed by atoms with Crippen LogP contribution in [0.15, 0.2) is 24.3 Å². The summed E-state index contributed by atoms with van der Waals surface area (Å²) in [7, 11) is -0.518.